The van der Waals surface area contributed by atoms with Gasteiger partial charge in [-0.05, 0) is 31.0 Å². The quantitative estimate of drug-likeness (QED) is 0.780. The maximum Gasteiger partial charge on any atom is 0.303 e. The molecule has 0 atom stereocenters. The van der Waals surface area contributed by atoms with Crippen molar-refractivity contribution in [3.8, 4) is 0 Å². The Hall–Kier alpha value is -2.15. The molecular formula is C17H20ClFN2O4. The van der Waals surface area contributed by atoms with Crippen LogP contribution < -0.4 is 0 Å². The van der Waals surface area contributed by atoms with Gasteiger partial charge in [-0.2, -0.15) is 0 Å². The molecule has 8 heteroatoms. The zero-order valence-corrected chi connectivity index (χ0v) is 14.5. The molecule has 0 unspecified atom stereocenters. The third-order valence-corrected chi connectivity index (χ3v) is 4.35. The summed E-state index contributed by atoms with van der Waals surface area (Å²) in [6, 6.07) is 3.93. The summed E-state index contributed by atoms with van der Waals surface area (Å²) in [6.07, 6.45) is 1.35. The second-order valence-corrected chi connectivity index (χ2v) is 6.33. The molecule has 1 saturated heterocycles. The van der Waals surface area contributed by atoms with E-state index in [2.05, 4.69) is 0 Å². The molecule has 0 aromatic heterocycles. The van der Waals surface area contributed by atoms with Crippen molar-refractivity contribution in [2.45, 2.75) is 25.7 Å². The van der Waals surface area contributed by atoms with E-state index in [1.54, 1.807) is 4.90 Å². The fourth-order valence-electron chi connectivity index (χ4n) is 2.70. The predicted octanol–water partition coefficient (Wildman–Crippen LogP) is 2.41. The van der Waals surface area contributed by atoms with E-state index in [9.17, 15) is 18.8 Å². The van der Waals surface area contributed by atoms with E-state index < -0.39 is 17.7 Å². The van der Waals surface area contributed by atoms with Gasteiger partial charge in [-0.25, -0.2) is 4.39 Å². The highest BCUT2D eigenvalue weighted by Crippen LogP contribution is 2.17. The summed E-state index contributed by atoms with van der Waals surface area (Å²) in [5.74, 6) is -1.98. The Morgan fingerprint density at radius 3 is 2.24 bits per heavy atom. The molecule has 0 aliphatic carbocycles. The van der Waals surface area contributed by atoms with E-state index in [1.165, 1.54) is 17.0 Å². The number of hydrogen-bond donors (Lipinski definition) is 1. The first kappa shape index (κ1) is 19.2. The number of piperazine rings is 1. The summed E-state index contributed by atoms with van der Waals surface area (Å²) < 4.78 is 13.9. The lowest BCUT2D eigenvalue weighted by Crippen LogP contribution is -2.50. The molecule has 1 aliphatic rings. The van der Waals surface area contributed by atoms with E-state index in [1.807, 2.05) is 0 Å². The van der Waals surface area contributed by atoms with Crippen molar-refractivity contribution in [3.63, 3.8) is 0 Å². The number of carboxylic acids is 1. The second kappa shape index (κ2) is 8.80. The number of amides is 2. The highest BCUT2D eigenvalue weighted by Gasteiger charge is 2.26. The summed E-state index contributed by atoms with van der Waals surface area (Å²) in [5.41, 5.74) is -0.0298. The molecule has 0 saturated carbocycles. The van der Waals surface area contributed by atoms with Crippen LogP contribution in [0, 0.1) is 5.82 Å². The topological polar surface area (TPSA) is 77.9 Å². The van der Waals surface area contributed by atoms with Crippen LogP contribution in [0.1, 0.15) is 36.0 Å². The number of nitrogens with zero attached hydrogens (tertiary/aromatic N) is 2. The Bertz CT molecular complexity index is 660. The number of hydrogen-bond acceptors (Lipinski definition) is 3. The number of carbonyl (C=O) groups excluding carboxylic acids is 2. The van der Waals surface area contributed by atoms with Crippen LogP contribution in [0.3, 0.4) is 0 Å². The van der Waals surface area contributed by atoms with Crippen molar-refractivity contribution < 1.29 is 23.9 Å². The summed E-state index contributed by atoms with van der Waals surface area (Å²) in [7, 11) is 0. The van der Waals surface area contributed by atoms with Crippen LogP contribution in [-0.2, 0) is 9.59 Å². The van der Waals surface area contributed by atoms with E-state index >= 15 is 0 Å². The number of benzene rings is 1. The van der Waals surface area contributed by atoms with Crippen LogP contribution in [0.25, 0.3) is 0 Å². The lowest BCUT2D eigenvalue weighted by Gasteiger charge is -2.35. The summed E-state index contributed by atoms with van der Waals surface area (Å²) in [4.78, 5) is 38.1. The third-order valence-electron chi connectivity index (χ3n) is 4.11. The lowest BCUT2D eigenvalue weighted by molar-refractivity contribution is -0.137. The van der Waals surface area contributed by atoms with Crippen LogP contribution in [0.15, 0.2) is 18.2 Å². The van der Waals surface area contributed by atoms with Gasteiger partial charge in [-0.1, -0.05) is 11.6 Å². The standard InChI is InChI=1S/C17H20ClFN2O4/c18-12-5-6-13(14(19)11-12)17(25)21-9-7-20(8-10-21)15(22)3-1-2-4-16(23)24/h5-6,11H,1-4,7-10H2,(H,23,24). The van der Waals surface area contributed by atoms with Crippen LogP contribution in [0.4, 0.5) is 4.39 Å². The summed E-state index contributed by atoms with van der Waals surface area (Å²) >= 11 is 5.69. The molecule has 0 spiro atoms. The Morgan fingerprint density at radius 1 is 1.04 bits per heavy atom. The first-order valence-corrected chi connectivity index (χ1v) is 8.50. The van der Waals surface area contributed by atoms with Gasteiger partial charge in [0.15, 0.2) is 0 Å². The summed E-state index contributed by atoms with van der Waals surface area (Å²) in [6.45, 7) is 1.45. The van der Waals surface area contributed by atoms with Gasteiger partial charge in [0.05, 0.1) is 5.56 Å². The van der Waals surface area contributed by atoms with Gasteiger partial charge in [0, 0.05) is 44.0 Å². The van der Waals surface area contributed by atoms with E-state index in [-0.39, 0.29) is 22.9 Å². The van der Waals surface area contributed by atoms with Crippen molar-refractivity contribution in [3.05, 3.63) is 34.6 Å². The molecule has 2 amide bonds. The number of carbonyl (C=O) groups is 3. The fraction of sp³-hybridized carbons (Fsp3) is 0.471. The minimum absolute atomic E-state index is 0.0298. The van der Waals surface area contributed by atoms with Crippen LogP contribution in [-0.4, -0.2) is 58.9 Å². The monoisotopic (exact) mass is 370 g/mol. The molecule has 1 aromatic rings. The molecule has 0 radical (unpaired) electrons. The van der Waals surface area contributed by atoms with E-state index in [4.69, 9.17) is 16.7 Å². The number of rotatable bonds is 6. The Morgan fingerprint density at radius 2 is 1.64 bits per heavy atom. The van der Waals surface area contributed by atoms with E-state index in [0.717, 1.165) is 6.07 Å². The zero-order chi connectivity index (χ0) is 18.4. The molecule has 2 rings (SSSR count). The van der Waals surface area contributed by atoms with Crippen LogP contribution >= 0.6 is 11.6 Å². The molecule has 25 heavy (non-hydrogen) atoms. The maximum atomic E-state index is 13.9. The second-order valence-electron chi connectivity index (χ2n) is 5.90. The first-order chi connectivity index (χ1) is 11.9. The normalized spacial score (nSPS) is 14.5. The maximum absolute atomic E-state index is 13.9. The molecule has 1 heterocycles. The zero-order valence-electron chi connectivity index (χ0n) is 13.7. The van der Waals surface area contributed by atoms with Crippen molar-refractivity contribution in [1.82, 2.24) is 9.80 Å². The van der Waals surface area contributed by atoms with Crippen LogP contribution in [0.2, 0.25) is 5.02 Å². The average Bonchev–Trinajstić information content (AvgIpc) is 2.58. The minimum Gasteiger partial charge on any atom is -0.481 e. The largest absolute Gasteiger partial charge is 0.481 e. The fourth-order valence-corrected chi connectivity index (χ4v) is 2.86. The van der Waals surface area contributed by atoms with Gasteiger partial charge in [0.25, 0.3) is 5.91 Å². The molecule has 1 aromatic carbocycles. The number of unbranched alkanes of at least 4 members (excludes halogenated alkanes) is 1. The van der Waals surface area contributed by atoms with Gasteiger partial charge >= 0.3 is 5.97 Å². The van der Waals surface area contributed by atoms with Crippen molar-refractivity contribution >= 4 is 29.4 Å². The first-order valence-electron chi connectivity index (χ1n) is 8.12. The molecule has 1 N–H and O–H groups in total. The molecular weight excluding hydrogens is 351 g/mol. The van der Waals surface area contributed by atoms with Gasteiger partial charge in [-0.15, -0.1) is 0 Å². The van der Waals surface area contributed by atoms with Gasteiger partial charge in [0.2, 0.25) is 5.91 Å². The van der Waals surface area contributed by atoms with Gasteiger partial charge in [0.1, 0.15) is 5.82 Å². The van der Waals surface area contributed by atoms with Crippen molar-refractivity contribution in [2.75, 3.05) is 26.2 Å². The summed E-state index contributed by atoms with van der Waals surface area (Å²) in [5, 5.41) is 8.80. The Balaban J connectivity index is 1.81. The minimum atomic E-state index is -0.867. The molecule has 1 fully saturated rings. The number of halogens is 2. The molecule has 0 bridgehead atoms. The van der Waals surface area contributed by atoms with Crippen molar-refractivity contribution in [2.24, 2.45) is 0 Å². The highest BCUT2D eigenvalue weighted by atomic mass is 35.5. The Kier molecular flexibility index (Phi) is 6.75. The van der Waals surface area contributed by atoms with Crippen LogP contribution in [0.5, 0.6) is 0 Å². The van der Waals surface area contributed by atoms with Gasteiger partial charge in [-0.3, -0.25) is 14.4 Å². The number of carboxylic acid groups (broad SMARTS) is 1. The molecule has 1 aliphatic heterocycles. The van der Waals surface area contributed by atoms with Gasteiger partial charge < -0.3 is 14.9 Å². The number of aliphatic carboxylic acids is 1. The average molecular weight is 371 g/mol. The SMILES string of the molecule is O=C(O)CCCCC(=O)N1CCN(C(=O)c2ccc(Cl)cc2F)CC1. The van der Waals surface area contributed by atoms with E-state index in [0.29, 0.717) is 45.4 Å². The molecule has 6 nitrogen and oxygen atoms in total. The smallest absolute Gasteiger partial charge is 0.303 e. The predicted molar refractivity (Wildman–Crippen MR) is 90.0 cm³/mol. The third kappa shape index (κ3) is 5.42. The lowest BCUT2D eigenvalue weighted by atomic mass is 10.1. The van der Waals surface area contributed by atoms with Crippen molar-refractivity contribution in [1.29, 1.82) is 0 Å². The Labute approximate surface area is 150 Å². The molecule has 136 valence electrons. The highest BCUT2D eigenvalue weighted by molar-refractivity contribution is 6.30.